The van der Waals surface area contributed by atoms with Crippen LogP contribution in [0, 0.1) is 11.8 Å². The molecule has 158 valence electrons. The Balaban J connectivity index is 2.55. The second-order valence-electron chi connectivity index (χ2n) is 7.94. The van der Waals surface area contributed by atoms with E-state index in [-0.39, 0.29) is 11.1 Å². The minimum absolute atomic E-state index is 0.284. The molecule has 1 rings (SSSR count). The molecule has 0 aliphatic rings. The monoisotopic (exact) mass is 390 g/mol. The van der Waals surface area contributed by atoms with Gasteiger partial charge in [-0.2, -0.15) is 0 Å². The summed E-state index contributed by atoms with van der Waals surface area (Å²) >= 11 is 0. The predicted octanol–water partition coefficient (Wildman–Crippen LogP) is 6.43. The van der Waals surface area contributed by atoms with E-state index in [1.54, 1.807) is 24.3 Å². The third-order valence-electron chi connectivity index (χ3n) is 4.97. The van der Waals surface area contributed by atoms with Gasteiger partial charge in [0, 0.05) is 0 Å². The van der Waals surface area contributed by atoms with E-state index in [0.717, 1.165) is 25.7 Å². The molecule has 0 aliphatic carbocycles. The highest BCUT2D eigenvalue weighted by Gasteiger charge is 2.20. The van der Waals surface area contributed by atoms with Crippen LogP contribution >= 0.6 is 0 Å². The van der Waals surface area contributed by atoms with Crippen LogP contribution in [0.15, 0.2) is 24.3 Å². The number of esters is 2. The molecule has 0 unspecified atom stereocenters. The van der Waals surface area contributed by atoms with Crippen LogP contribution in [0.25, 0.3) is 0 Å². The van der Waals surface area contributed by atoms with Crippen molar-refractivity contribution in [3.05, 3.63) is 35.4 Å². The average molecular weight is 391 g/mol. The van der Waals surface area contributed by atoms with Gasteiger partial charge in [-0.3, -0.25) is 0 Å². The average Bonchev–Trinajstić information content (AvgIpc) is 2.70. The number of carbonyl (C=O) groups is 2. The maximum absolute atomic E-state index is 12.5. The molecule has 1 aromatic rings. The Labute approximate surface area is 171 Å². The first-order valence-electron chi connectivity index (χ1n) is 10.9. The molecule has 4 nitrogen and oxygen atoms in total. The van der Waals surface area contributed by atoms with Crippen molar-refractivity contribution in [1.82, 2.24) is 0 Å². The molecule has 1 aromatic carbocycles. The van der Waals surface area contributed by atoms with E-state index in [4.69, 9.17) is 9.47 Å². The highest BCUT2D eigenvalue weighted by Crippen LogP contribution is 2.16. The van der Waals surface area contributed by atoms with Gasteiger partial charge in [-0.05, 0) is 36.8 Å². The van der Waals surface area contributed by atoms with Gasteiger partial charge >= 0.3 is 11.9 Å². The number of benzene rings is 1. The lowest BCUT2D eigenvalue weighted by atomic mass is 10.0. The highest BCUT2D eigenvalue weighted by atomic mass is 16.5. The van der Waals surface area contributed by atoms with Gasteiger partial charge in [-0.1, -0.05) is 78.4 Å². The van der Waals surface area contributed by atoms with Crippen LogP contribution < -0.4 is 0 Å². The molecule has 0 aromatic heterocycles. The number of unbranched alkanes of at least 4 members (excludes halogenated alkanes) is 4. The lowest BCUT2D eigenvalue weighted by Crippen LogP contribution is -2.18. The van der Waals surface area contributed by atoms with Gasteiger partial charge in [0.05, 0.1) is 24.3 Å². The van der Waals surface area contributed by atoms with E-state index in [9.17, 15) is 9.59 Å². The van der Waals surface area contributed by atoms with Gasteiger partial charge in [0.1, 0.15) is 0 Å². The van der Waals surface area contributed by atoms with Crippen molar-refractivity contribution in [3.8, 4) is 0 Å². The van der Waals surface area contributed by atoms with Crippen LogP contribution in [-0.2, 0) is 9.47 Å². The summed E-state index contributed by atoms with van der Waals surface area (Å²) in [6.07, 6.45) is 9.14. The van der Waals surface area contributed by atoms with Crippen LogP contribution in [0.4, 0.5) is 0 Å². The number of hydrogen-bond donors (Lipinski definition) is 0. The van der Waals surface area contributed by atoms with Crippen molar-refractivity contribution in [2.75, 3.05) is 13.2 Å². The van der Waals surface area contributed by atoms with Crippen molar-refractivity contribution in [2.45, 2.75) is 79.1 Å². The van der Waals surface area contributed by atoms with Gasteiger partial charge in [0.2, 0.25) is 0 Å². The Kier molecular flexibility index (Phi) is 12.3. The zero-order chi connectivity index (χ0) is 20.8. The number of rotatable bonds is 14. The van der Waals surface area contributed by atoms with E-state index in [1.165, 1.54) is 25.7 Å². The molecule has 0 spiro atoms. The summed E-state index contributed by atoms with van der Waals surface area (Å²) in [7, 11) is 0. The molecule has 0 saturated carbocycles. The third kappa shape index (κ3) is 9.38. The van der Waals surface area contributed by atoms with E-state index in [1.807, 2.05) is 0 Å². The molecular formula is C24H38O4. The number of carbonyl (C=O) groups excluding carboxylic acids is 2. The second-order valence-corrected chi connectivity index (χ2v) is 7.94. The van der Waals surface area contributed by atoms with E-state index in [0.29, 0.717) is 25.0 Å². The zero-order valence-electron chi connectivity index (χ0n) is 18.2. The smallest absolute Gasteiger partial charge is 0.339 e. The SMILES string of the molecule is CCCCC[C@@H](C)COC(=O)c1ccccc1C(=O)OC[C@@H](C)CCCCC. The Hall–Kier alpha value is -1.84. The predicted molar refractivity (Wildman–Crippen MR) is 114 cm³/mol. The van der Waals surface area contributed by atoms with Crippen LogP contribution in [0.1, 0.15) is 99.8 Å². The van der Waals surface area contributed by atoms with Crippen LogP contribution in [0.2, 0.25) is 0 Å². The summed E-state index contributed by atoms with van der Waals surface area (Å²) < 4.78 is 10.9. The number of ether oxygens (including phenoxy) is 2. The Morgan fingerprint density at radius 2 is 1.14 bits per heavy atom. The molecule has 0 N–H and O–H groups in total. The summed E-state index contributed by atoms with van der Waals surface area (Å²) in [5.41, 5.74) is 0.568. The van der Waals surface area contributed by atoms with Crippen molar-refractivity contribution in [1.29, 1.82) is 0 Å². The molecule has 4 heteroatoms. The summed E-state index contributed by atoms with van der Waals surface area (Å²) in [6, 6.07) is 6.74. The van der Waals surface area contributed by atoms with Gasteiger partial charge in [-0.25, -0.2) is 9.59 Å². The van der Waals surface area contributed by atoms with Crippen molar-refractivity contribution in [2.24, 2.45) is 11.8 Å². The Morgan fingerprint density at radius 1 is 0.750 bits per heavy atom. The quantitative estimate of drug-likeness (QED) is 0.271. The first-order chi connectivity index (χ1) is 13.5. The molecule has 0 aliphatic heterocycles. The van der Waals surface area contributed by atoms with E-state index in [2.05, 4.69) is 27.7 Å². The maximum Gasteiger partial charge on any atom is 0.339 e. The third-order valence-corrected chi connectivity index (χ3v) is 4.97. The molecule has 0 amide bonds. The minimum Gasteiger partial charge on any atom is -0.462 e. The molecule has 2 atom stereocenters. The molecule has 0 heterocycles. The highest BCUT2D eigenvalue weighted by molar-refractivity contribution is 6.03. The second kappa shape index (κ2) is 14.2. The molecule has 0 radical (unpaired) electrons. The first-order valence-corrected chi connectivity index (χ1v) is 10.9. The zero-order valence-corrected chi connectivity index (χ0v) is 18.2. The van der Waals surface area contributed by atoms with E-state index >= 15 is 0 Å². The van der Waals surface area contributed by atoms with Gasteiger partial charge in [0.15, 0.2) is 0 Å². The topological polar surface area (TPSA) is 52.6 Å². The molecule has 0 saturated heterocycles. The lowest BCUT2D eigenvalue weighted by molar-refractivity contribution is 0.0396. The summed E-state index contributed by atoms with van der Waals surface area (Å²) in [5.74, 6) is -0.270. The summed E-state index contributed by atoms with van der Waals surface area (Å²) in [5, 5.41) is 0. The minimum atomic E-state index is -0.453. The molecule has 0 fully saturated rings. The normalized spacial score (nSPS) is 13.0. The molecular weight excluding hydrogens is 352 g/mol. The Morgan fingerprint density at radius 3 is 1.50 bits per heavy atom. The van der Waals surface area contributed by atoms with Crippen molar-refractivity contribution < 1.29 is 19.1 Å². The van der Waals surface area contributed by atoms with E-state index < -0.39 is 11.9 Å². The van der Waals surface area contributed by atoms with Crippen LogP contribution in [-0.4, -0.2) is 25.2 Å². The standard InChI is InChI=1S/C24H38O4/c1-5-7-9-13-19(3)17-27-23(25)21-15-11-12-16-22(21)24(26)28-18-20(4)14-10-8-6-2/h11-12,15-16,19-20H,5-10,13-14,17-18H2,1-4H3/t19-,20+. The molecule has 28 heavy (non-hydrogen) atoms. The van der Waals surface area contributed by atoms with Crippen molar-refractivity contribution in [3.63, 3.8) is 0 Å². The fraction of sp³-hybridized carbons (Fsp3) is 0.667. The summed E-state index contributed by atoms with van der Waals surface area (Å²) in [6.45, 7) is 9.27. The van der Waals surface area contributed by atoms with Crippen LogP contribution in [0.3, 0.4) is 0 Å². The fourth-order valence-corrected chi connectivity index (χ4v) is 3.08. The first kappa shape index (κ1) is 24.2. The van der Waals surface area contributed by atoms with Crippen LogP contribution in [0.5, 0.6) is 0 Å². The summed E-state index contributed by atoms with van der Waals surface area (Å²) in [4.78, 5) is 25.0. The van der Waals surface area contributed by atoms with Gasteiger partial charge in [-0.15, -0.1) is 0 Å². The number of hydrogen-bond acceptors (Lipinski definition) is 4. The fourth-order valence-electron chi connectivity index (χ4n) is 3.08. The largest absolute Gasteiger partial charge is 0.462 e. The lowest BCUT2D eigenvalue weighted by Gasteiger charge is -2.14. The maximum atomic E-state index is 12.5. The molecule has 0 bridgehead atoms. The van der Waals surface area contributed by atoms with Gasteiger partial charge < -0.3 is 9.47 Å². The Bertz CT molecular complexity index is 531. The van der Waals surface area contributed by atoms with Gasteiger partial charge in [0.25, 0.3) is 0 Å². The van der Waals surface area contributed by atoms with Crippen molar-refractivity contribution >= 4 is 11.9 Å².